The summed E-state index contributed by atoms with van der Waals surface area (Å²) in [5, 5.41) is 8.60. The molecule has 1 fully saturated rings. The van der Waals surface area contributed by atoms with Gasteiger partial charge in [0.25, 0.3) is 0 Å². The lowest BCUT2D eigenvalue weighted by atomic mass is 10.2. The molecule has 5 heteroatoms. The zero-order valence-corrected chi connectivity index (χ0v) is 14.4. The first kappa shape index (κ1) is 15.5. The third kappa shape index (κ3) is 3.85. The van der Waals surface area contributed by atoms with Crippen LogP contribution in [0.5, 0.6) is 0 Å². The number of piperazine rings is 1. The highest BCUT2D eigenvalue weighted by Gasteiger charge is 2.19. The maximum Gasteiger partial charge on any atom is 0.173 e. The number of nitrogens with one attached hydrogen (secondary N) is 1. The van der Waals surface area contributed by atoms with Gasteiger partial charge in [-0.15, -0.1) is 0 Å². The van der Waals surface area contributed by atoms with E-state index < -0.39 is 0 Å². The largest absolute Gasteiger partial charge is 0.346 e. The zero-order valence-electron chi connectivity index (χ0n) is 12.8. The zero-order chi connectivity index (χ0) is 15.4. The third-order valence-corrected chi connectivity index (χ3v) is 5.12. The van der Waals surface area contributed by atoms with Crippen LogP contribution in [0.1, 0.15) is 11.1 Å². The summed E-state index contributed by atoms with van der Waals surface area (Å²) in [4.78, 5) is 4.76. The molecule has 0 amide bonds. The number of thiocarbonyl (C=S) groups is 1. The Labute approximate surface area is 141 Å². The fraction of sp³-hybridized carbons (Fsp3) is 0.353. The van der Waals surface area contributed by atoms with Crippen molar-refractivity contribution in [2.24, 2.45) is 0 Å². The maximum absolute atomic E-state index is 5.57. The molecule has 1 saturated heterocycles. The number of rotatable bonds is 3. The number of hydrogen-bond donors (Lipinski definition) is 1. The van der Waals surface area contributed by atoms with Gasteiger partial charge >= 0.3 is 0 Å². The van der Waals surface area contributed by atoms with E-state index in [9.17, 15) is 0 Å². The monoisotopic (exact) mass is 331 g/mol. The van der Waals surface area contributed by atoms with Crippen molar-refractivity contribution in [2.75, 3.05) is 31.5 Å². The summed E-state index contributed by atoms with van der Waals surface area (Å²) in [6.07, 6.45) is 0. The van der Waals surface area contributed by atoms with E-state index >= 15 is 0 Å². The number of anilines is 1. The molecule has 1 aliphatic rings. The van der Waals surface area contributed by atoms with E-state index in [2.05, 4.69) is 51.0 Å². The number of nitrogens with zero attached hydrogens (tertiary/aromatic N) is 2. The van der Waals surface area contributed by atoms with Crippen LogP contribution in [0.25, 0.3) is 0 Å². The summed E-state index contributed by atoms with van der Waals surface area (Å²) in [5.41, 5.74) is 3.74. The molecule has 116 valence electrons. The number of benzene rings is 1. The van der Waals surface area contributed by atoms with Gasteiger partial charge in [-0.2, -0.15) is 11.3 Å². The first-order valence-electron chi connectivity index (χ1n) is 7.57. The summed E-state index contributed by atoms with van der Waals surface area (Å²) in [6.45, 7) is 7.25. The fourth-order valence-corrected chi connectivity index (χ4v) is 3.61. The summed E-state index contributed by atoms with van der Waals surface area (Å²) < 4.78 is 0. The summed E-state index contributed by atoms with van der Waals surface area (Å²) in [5.74, 6) is 0. The predicted octanol–water partition coefficient (Wildman–Crippen LogP) is 3.57. The van der Waals surface area contributed by atoms with Gasteiger partial charge in [0.05, 0.1) is 0 Å². The van der Waals surface area contributed by atoms with Crippen LogP contribution < -0.4 is 5.32 Å². The Kier molecular flexibility index (Phi) is 5.08. The van der Waals surface area contributed by atoms with Crippen LogP contribution in [0, 0.1) is 6.92 Å². The SMILES string of the molecule is Cc1ccccc1NC(=S)N1CCN(Cc2ccsc2)CC1. The molecule has 22 heavy (non-hydrogen) atoms. The van der Waals surface area contributed by atoms with Crippen LogP contribution in [0.3, 0.4) is 0 Å². The molecule has 1 N–H and O–H groups in total. The Morgan fingerprint density at radius 3 is 2.64 bits per heavy atom. The topological polar surface area (TPSA) is 18.5 Å². The van der Waals surface area contributed by atoms with E-state index in [0.717, 1.165) is 43.5 Å². The van der Waals surface area contributed by atoms with Crippen LogP contribution >= 0.6 is 23.6 Å². The highest BCUT2D eigenvalue weighted by molar-refractivity contribution is 7.80. The van der Waals surface area contributed by atoms with Crippen molar-refractivity contribution in [1.29, 1.82) is 0 Å². The lowest BCUT2D eigenvalue weighted by Crippen LogP contribution is -2.49. The molecular weight excluding hydrogens is 310 g/mol. The number of thiophene rings is 1. The van der Waals surface area contributed by atoms with Crippen molar-refractivity contribution in [3.63, 3.8) is 0 Å². The minimum absolute atomic E-state index is 0.837. The van der Waals surface area contributed by atoms with Gasteiger partial charge in [0.15, 0.2) is 5.11 Å². The number of aryl methyl sites for hydroxylation is 1. The molecule has 0 saturated carbocycles. The first-order valence-corrected chi connectivity index (χ1v) is 8.92. The van der Waals surface area contributed by atoms with E-state index in [1.54, 1.807) is 11.3 Å². The quantitative estimate of drug-likeness (QED) is 0.866. The molecule has 2 heterocycles. The lowest BCUT2D eigenvalue weighted by molar-refractivity contribution is 0.177. The van der Waals surface area contributed by atoms with E-state index in [1.165, 1.54) is 11.1 Å². The van der Waals surface area contributed by atoms with Gasteiger partial charge in [-0.25, -0.2) is 0 Å². The van der Waals surface area contributed by atoms with Crippen molar-refractivity contribution >= 4 is 34.4 Å². The number of hydrogen-bond acceptors (Lipinski definition) is 3. The Morgan fingerprint density at radius 1 is 1.18 bits per heavy atom. The third-order valence-electron chi connectivity index (χ3n) is 4.03. The molecule has 3 nitrogen and oxygen atoms in total. The van der Waals surface area contributed by atoms with Gasteiger partial charge in [-0.1, -0.05) is 18.2 Å². The van der Waals surface area contributed by atoms with Crippen LogP contribution in [-0.4, -0.2) is 41.1 Å². The van der Waals surface area contributed by atoms with Gasteiger partial charge in [0.1, 0.15) is 0 Å². The van der Waals surface area contributed by atoms with Crippen LogP contribution in [-0.2, 0) is 6.54 Å². The highest BCUT2D eigenvalue weighted by atomic mass is 32.1. The molecule has 2 aromatic rings. The van der Waals surface area contributed by atoms with Gasteiger partial charge in [0, 0.05) is 38.4 Å². The summed E-state index contributed by atoms with van der Waals surface area (Å²) in [6, 6.07) is 10.5. The average molecular weight is 332 g/mol. The Hall–Kier alpha value is -1.43. The fourth-order valence-electron chi connectivity index (χ4n) is 2.66. The molecule has 0 atom stereocenters. The second-order valence-electron chi connectivity index (χ2n) is 5.64. The molecular formula is C17H21N3S2. The Morgan fingerprint density at radius 2 is 1.95 bits per heavy atom. The van der Waals surface area contributed by atoms with E-state index in [1.807, 2.05) is 12.1 Å². The second kappa shape index (κ2) is 7.22. The van der Waals surface area contributed by atoms with Crippen molar-refractivity contribution in [1.82, 2.24) is 9.80 Å². The molecule has 1 aliphatic heterocycles. The van der Waals surface area contributed by atoms with Crippen molar-refractivity contribution in [3.05, 3.63) is 52.2 Å². The number of para-hydroxylation sites is 1. The van der Waals surface area contributed by atoms with E-state index in [0.29, 0.717) is 0 Å². The van der Waals surface area contributed by atoms with Crippen LogP contribution in [0.2, 0.25) is 0 Å². The minimum atomic E-state index is 0.837. The van der Waals surface area contributed by atoms with E-state index in [4.69, 9.17) is 12.2 Å². The van der Waals surface area contributed by atoms with Crippen molar-refractivity contribution < 1.29 is 0 Å². The van der Waals surface area contributed by atoms with Crippen molar-refractivity contribution in [2.45, 2.75) is 13.5 Å². The maximum atomic E-state index is 5.57. The summed E-state index contributed by atoms with van der Waals surface area (Å²) in [7, 11) is 0. The molecule has 1 aromatic carbocycles. The first-order chi connectivity index (χ1) is 10.7. The van der Waals surface area contributed by atoms with Crippen LogP contribution in [0.15, 0.2) is 41.1 Å². The summed E-state index contributed by atoms with van der Waals surface area (Å²) >= 11 is 7.34. The molecule has 1 aromatic heterocycles. The Balaban J connectivity index is 1.50. The van der Waals surface area contributed by atoms with Gasteiger partial charge in [-0.3, -0.25) is 4.90 Å². The second-order valence-corrected chi connectivity index (χ2v) is 6.81. The molecule has 0 bridgehead atoms. The molecule has 3 rings (SSSR count). The highest BCUT2D eigenvalue weighted by Crippen LogP contribution is 2.16. The van der Waals surface area contributed by atoms with Gasteiger partial charge in [-0.05, 0) is 53.2 Å². The lowest BCUT2D eigenvalue weighted by Gasteiger charge is -2.36. The smallest absolute Gasteiger partial charge is 0.173 e. The average Bonchev–Trinajstić information content (AvgIpc) is 3.03. The van der Waals surface area contributed by atoms with Gasteiger partial charge in [0.2, 0.25) is 0 Å². The molecule has 0 aliphatic carbocycles. The van der Waals surface area contributed by atoms with Gasteiger partial charge < -0.3 is 10.2 Å². The predicted molar refractivity (Wildman–Crippen MR) is 98.6 cm³/mol. The molecule has 0 spiro atoms. The molecule has 0 radical (unpaired) electrons. The van der Waals surface area contributed by atoms with Crippen LogP contribution in [0.4, 0.5) is 5.69 Å². The Bertz CT molecular complexity index is 617. The minimum Gasteiger partial charge on any atom is -0.346 e. The van der Waals surface area contributed by atoms with E-state index in [-0.39, 0.29) is 0 Å². The molecule has 0 unspecified atom stereocenters. The van der Waals surface area contributed by atoms with Crippen molar-refractivity contribution in [3.8, 4) is 0 Å². The normalized spacial score (nSPS) is 15.8. The standard InChI is InChI=1S/C17H21N3S2/c1-14-4-2-3-5-16(14)18-17(21)20-9-7-19(8-10-20)12-15-6-11-22-13-15/h2-6,11,13H,7-10,12H2,1H3,(H,18,21).